The van der Waals surface area contributed by atoms with Crippen LogP contribution < -0.4 is 5.32 Å². The van der Waals surface area contributed by atoms with Gasteiger partial charge in [-0.15, -0.1) is 11.3 Å². The number of thiazole rings is 1. The molecule has 0 saturated carbocycles. The third kappa shape index (κ3) is 3.77. The van der Waals surface area contributed by atoms with Gasteiger partial charge in [0.1, 0.15) is 9.88 Å². The minimum absolute atomic E-state index is 0.146. The van der Waals surface area contributed by atoms with Gasteiger partial charge in [-0.25, -0.2) is 4.98 Å². The number of anilines is 1. The molecule has 0 spiro atoms. The van der Waals surface area contributed by atoms with Gasteiger partial charge in [0.15, 0.2) is 0 Å². The van der Waals surface area contributed by atoms with Crippen LogP contribution in [-0.4, -0.2) is 29.2 Å². The first-order valence-corrected chi connectivity index (χ1v) is 9.47. The van der Waals surface area contributed by atoms with Gasteiger partial charge in [-0.1, -0.05) is 30.3 Å². The van der Waals surface area contributed by atoms with Gasteiger partial charge in [0.2, 0.25) is 0 Å². The lowest BCUT2D eigenvalue weighted by molar-refractivity contribution is 0.103. The van der Waals surface area contributed by atoms with E-state index in [9.17, 15) is 4.79 Å². The number of benzene rings is 2. The molecule has 4 rings (SSSR count). The Morgan fingerprint density at radius 2 is 2.04 bits per heavy atom. The lowest BCUT2D eigenvalue weighted by Crippen LogP contribution is -2.10. The number of nitrogens with one attached hydrogen (secondary N) is 1. The molecule has 0 bridgehead atoms. The molecule has 0 aliphatic rings. The Kier molecular flexibility index (Phi) is 5.00. The number of hydrogen-bond donors (Lipinski definition) is 1. The molecule has 27 heavy (non-hydrogen) atoms. The van der Waals surface area contributed by atoms with E-state index >= 15 is 0 Å². The van der Waals surface area contributed by atoms with Crippen molar-refractivity contribution in [2.75, 3.05) is 19.0 Å². The number of rotatable bonds is 6. The third-order valence-electron chi connectivity index (χ3n) is 4.32. The lowest BCUT2D eigenvalue weighted by atomic mass is 10.2. The molecular weight excluding hydrogens is 358 g/mol. The summed E-state index contributed by atoms with van der Waals surface area (Å²) in [5, 5.41) is 4.89. The summed E-state index contributed by atoms with van der Waals surface area (Å²) in [5.74, 6) is -0.146. The molecule has 5 nitrogen and oxygen atoms in total. The van der Waals surface area contributed by atoms with Gasteiger partial charge in [-0.3, -0.25) is 4.79 Å². The number of carbonyl (C=O) groups is 1. The van der Waals surface area contributed by atoms with Crippen molar-refractivity contribution < 1.29 is 9.53 Å². The highest BCUT2D eigenvalue weighted by atomic mass is 32.1. The second-order valence-corrected chi connectivity index (χ2v) is 7.16. The molecule has 2 aromatic carbocycles. The summed E-state index contributed by atoms with van der Waals surface area (Å²) in [4.78, 5) is 17.5. The summed E-state index contributed by atoms with van der Waals surface area (Å²) in [6, 6.07) is 17.8. The quantitative estimate of drug-likeness (QED) is 0.531. The zero-order chi connectivity index (χ0) is 18.6. The molecule has 0 aliphatic carbocycles. The molecule has 6 heteroatoms. The average molecular weight is 377 g/mol. The minimum Gasteiger partial charge on any atom is -0.383 e. The molecule has 0 atom stereocenters. The number of fused-ring (bicyclic) bond motifs is 1. The highest BCUT2D eigenvalue weighted by Gasteiger charge is 2.12. The van der Waals surface area contributed by atoms with E-state index in [-0.39, 0.29) is 5.91 Å². The van der Waals surface area contributed by atoms with Crippen LogP contribution in [-0.2, 0) is 11.3 Å². The topological polar surface area (TPSA) is 56.1 Å². The summed E-state index contributed by atoms with van der Waals surface area (Å²) >= 11 is 1.39. The highest BCUT2D eigenvalue weighted by Crippen LogP contribution is 2.26. The van der Waals surface area contributed by atoms with Gasteiger partial charge >= 0.3 is 0 Å². The first-order valence-electron chi connectivity index (χ1n) is 8.65. The average Bonchev–Trinajstić information content (AvgIpc) is 3.34. The molecule has 0 radical (unpaired) electrons. The maximum Gasteiger partial charge on any atom is 0.267 e. The van der Waals surface area contributed by atoms with Crippen LogP contribution in [0.5, 0.6) is 0 Å². The number of amides is 1. The van der Waals surface area contributed by atoms with Crippen LogP contribution in [0.4, 0.5) is 5.69 Å². The number of hydrogen-bond acceptors (Lipinski definition) is 4. The smallest absolute Gasteiger partial charge is 0.267 e. The monoisotopic (exact) mass is 377 g/mol. The van der Waals surface area contributed by atoms with Crippen LogP contribution in [0.2, 0.25) is 0 Å². The standard InChI is InChI=1S/C21H19N3O2S/c1-26-12-11-24-10-9-16-13-17(7-8-18(16)24)23-20(25)19-14-22-21(27-19)15-5-3-2-4-6-15/h2-10,13-14H,11-12H2,1H3,(H,23,25). The van der Waals surface area contributed by atoms with Crippen LogP contribution in [0.25, 0.3) is 21.5 Å². The Morgan fingerprint density at radius 3 is 2.85 bits per heavy atom. The van der Waals surface area contributed by atoms with E-state index in [4.69, 9.17) is 4.74 Å². The van der Waals surface area contributed by atoms with Gasteiger partial charge in [0, 0.05) is 42.0 Å². The molecule has 2 aromatic heterocycles. The van der Waals surface area contributed by atoms with Crippen molar-refractivity contribution in [3.05, 3.63) is 71.9 Å². The molecular formula is C21H19N3O2S. The summed E-state index contributed by atoms with van der Waals surface area (Å²) in [7, 11) is 1.70. The van der Waals surface area contributed by atoms with Gasteiger partial charge in [0.25, 0.3) is 5.91 Å². The lowest BCUT2D eigenvalue weighted by Gasteiger charge is -2.06. The summed E-state index contributed by atoms with van der Waals surface area (Å²) < 4.78 is 7.28. The number of aromatic nitrogens is 2. The predicted octanol–water partition coefficient (Wildman–Crippen LogP) is 4.66. The molecule has 0 aliphatic heterocycles. The third-order valence-corrected chi connectivity index (χ3v) is 5.36. The van der Waals surface area contributed by atoms with Crippen molar-refractivity contribution in [2.45, 2.75) is 6.54 Å². The fourth-order valence-corrected chi connectivity index (χ4v) is 3.77. The van der Waals surface area contributed by atoms with Crippen molar-refractivity contribution in [2.24, 2.45) is 0 Å². The summed E-state index contributed by atoms with van der Waals surface area (Å²) in [6.07, 6.45) is 3.66. The Morgan fingerprint density at radius 1 is 1.19 bits per heavy atom. The van der Waals surface area contributed by atoms with E-state index in [1.54, 1.807) is 13.3 Å². The zero-order valence-electron chi connectivity index (χ0n) is 14.9. The van der Waals surface area contributed by atoms with Crippen LogP contribution in [0.3, 0.4) is 0 Å². The first kappa shape index (κ1) is 17.5. The molecule has 0 saturated heterocycles. The molecule has 4 aromatic rings. The van der Waals surface area contributed by atoms with Gasteiger partial charge < -0.3 is 14.6 Å². The molecule has 0 unspecified atom stereocenters. The normalized spacial score (nSPS) is 11.0. The second-order valence-electron chi connectivity index (χ2n) is 6.13. The molecule has 1 N–H and O–H groups in total. The highest BCUT2D eigenvalue weighted by molar-refractivity contribution is 7.17. The molecule has 0 fully saturated rings. The summed E-state index contributed by atoms with van der Waals surface area (Å²) in [5.41, 5.74) is 2.90. The van der Waals surface area contributed by atoms with E-state index in [1.807, 2.05) is 60.8 Å². The van der Waals surface area contributed by atoms with E-state index in [2.05, 4.69) is 14.9 Å². The zero-order valence-corrected chi connectivity index (χ0v) is 15.7. The maximum absolute atomic E-state index is 12.6. The van der Waals surface area contributed by atoms with Crippen LogP contribution >= 0.6 is 11.3 Å². The minimum atomic E-state index is -0.146. The Hall–Kier alpha value is -2.96. The molecule has 1 amide bonds. The van der Waals surface area contributed by atoms with Gasteiger partial charge in [-0.2, -0.15) is 0 Å². The Balaban J connectivity index is 1.50. The molecule has 2 heterocycles. The van der Waals surface area contributed by atoms with E-state index in [1.165, 1.54) is 11.3 Å². The summed E-state index contributed by atoms with van der Waals surface area (Å²) in [6.45, 7) is 1.46. The van der Waals surface area contributed by atoms with Crippen molar-refractivity contribution in [3.8, 4) is 10.6 Å². The second kappa shape index (κ2) is 7.73. The molecule has 136 valence electrons. The fraction of sp³-hybridized carbons (Fsp3) is 0.143. The maximum atomic E-state index is 12.6. The van der Waals surface area contributed by atoms with E-state index in [0.717, 1.165) is 33.7 Å². The van der Waals surface area contributed by atoms with Crippen molar-refractivity contribution in [1.29, 1.82) is 0 Å². The van der Waals surface area contributed by atoms with Crippen molar-refractivity contribution >= 4 is 33.8 Å². The first-order chi connectivity index (χ1) is 13.2. The van der Waals surface area contributed by atoms with Gasteiger partial charge in [0.05, 0.1) is 12.8 Å². The number of ether oxygens (including phenoxy) is 1. The van der Waals surface area contributed by atoms with E-state index < -0.39 is 0 Å². The van der Waals surface area contributed by atoms with Crippen molar-refractivity contribution in [3.63, 3.8) is 0 Å². The van der Waals surface area contributed by atoms with Crippen LogP contribution in [0, 0.1) is 0 Å². The number of carbonyl (C=O) groups excluding carboxylic acids is 1. The fourth-order valence-electron chi connectivity index (χ4n) is 2.95. The Bertz CT molecular complexity index is 1070. The van der Waals surface area contributed by atoms with Crippen LogP contribution in [0.1, 0.15) is 9.67 Å². The number of nitrogens with zero attached hydrogens (tertiary/aromatic N) is 2. The largest absolute Gasteiger partial charge is 0.383 e. The Labute approximate surface area is 161 Å². The predicted molar refractivity (Wildman–Crippen MR) is 109 cm³/mol. The van der Waals surface area contributed by atoms with Crippen molar-refractivity contribution in [1.82, 2.24) is 9.55 Å². The SMILES string of the molecule is COCCn1ccc2cc(NC(=O)c3cnc(-c4ccccc4)s3)ccc21. The number of methoxy groups -OCH3 is 1. The van der Waals surface area contributed by atoms with Gasteiger partial charge in [-0.05, 0) is 24.3 Å². The van der Waals surface area contributed by atoms with Crippen LogP contribution in [0.15, 0.2) is 67.0 Å². The van der Waals surface area contributed by atoms with E-state index in [0.29, 0.717) is 11.5 Å².